The first kappa shape index (κ1) is 17.2. The van der Waals surface area contributed by atoms with E-state index in [2.05, 4.69) is 16.6 Å². The summed E-state index contributed by atoms with van der Waals surface area (Å²) in [5.74, 6) is -0.161. The summed E-state index contributed by atoms with van der Waals surface area (Å²) >= 11 is 15.0. The predicted molar refractivity (Wildman–Crippen MR) is 103 cm³/mol. The number of benzene rings is 1. The lowest BCUT2D eigenvalue weighted by atomic mass is 10.2. The molecule has 2 heterocycles. The molecule has 24 heavy (non-hydrogen) atoms. The molecule has 0 saturated carbocycles. The van der Waals surface area contributed by atoms with Gasteiger partial charge in [-0.3, -0.25) is 9.69 Å². The van der Waals surface area contributed by atoms with Crippen molar-refractivity contribution in [2.75, 3.05) is 6.54 Å². The van der Waals surface area contributed by atoms with Crippen molar-refractivity contribution in [3.63, 3.8) is 0 Å². The predicted octanol–water partition coefficient (Wildman–Crippen LogP) is 5.24. The minimum atomic E-state index is -0.161. The van der Waals surface area contributed by atoms with Gasteiger partial charge in [-0.2, -0.15) is 4.99 Å². The number of carbonyl (C=O) groups excluding carboxylic acids is 1. The number of nitrogens with zero attached hydrogens (tertiary/aromatic N) is 3. The van der Waals surface area contributed by atoms with Gasteiger partial charge in [-0.1, -0.05) is 35.3 Å². The zero-order chi connectivity index (χ0) is 17.1. The first-order chi connectivity index (χ1) is 11.6. The summed E-state index contributed by atoms with van der Waals surface area (Å²) in [6, 6.07) is 5.22. The molecule has 0 bridgehead atoms. The molecule has 2 aromatic rings. The molecule has 122 valence electrons. The second-order valence-electron chi connectivity index (χ2n) is 4.66. The first-order valence-corrected chi connectivity index (χ1v) is 9.30. The van der Waals surface area contributed by atoms with Crippen molar-refractivity contribution in [1.82, 2.24) is 9.88 Å². The van der Waals surface area contributed by atoms with Gasteiger partial charge in [-0.25, -0.2) is 4.98 Å². The van der Waals surface area contributed by atoms with Crippen molar-refractivity contribution in [2.24, 2.45) is 4.99 Å². The Morgan fingerprint density at radius 1 is 1.33 bits per heavy atom. The molecule has 3 rings (SSSR count). The summed E-state index contributed by atoms with van der Waals surface area (Å²) in [4.78, 5) is 23.3. The third-order valence-electron chi connectivity index (χ3n) is 3.09. The quantitative estimate of drug-likeness (QED) is 0.525. The van der Waals surface area contributed by atoms with E-state index in [-0.39, 0.29) is 5.91 Å². The molecule has 0 radical (unpaired) electrons. The number of carbonyl (C=O) groups is 1. The number of amidine groups is 1. The van der Waals surface area contributed by atoms with Crippen LogP contribution in [0.25, 0.3) is 6.08 Å². The molecular weight excluding hydrogens is 385 g/mol. The smallest absolute Gasteiger partial charge is 0.267 e. The maximum absolute atomic E-state index is 12.7. The fourth-order valence-electron chi connectivity index (χ4n) is 2.01. The molecule has 0 unspecified atom stereocenters. The molecule has 1 aromatic heterocycles. The van der Waals surface area contributed by atoms with Crippen LogP contribution in [0.4, 0.5) is 5.13 Å². The van der Waals surface area contributed by atoms with Crippen LogP contribution in [0.15, 0.2) is 52.3 Å². The fraction of sp³-hybridized carbons (Fsp3) is 0.0625. The van der Waals surface area contributed by atoms with Crippen LogP contribution in [0.2, 0.25) is 10.0 Å². The summed E-state index contributed by atoms with van der Waals surface area (Å²) in [5, 5.41) is 3.97. The maximum Gasteiger partial charge on any atom is 0.267 e. The fourth-order valence-corrected chi connectivity index (χ4v) is 4.05. The number of thioether (sulfide) groups is 1. The summed E-state index contributed by atoms with van der Waals surface area (Å²) in [6.07, 6.45) is 5.02. The number of hydrogen-bond acceptors (Lipinski definition) is 5. The van der Waals surface area contributed by atoms with E-state index >= 15 is 0 Å². The lowest BCUT2D eigenvalue weighted by Gasteiger charge is -2.11. The molecule has 8 heteroatoms. The van der Waals surface area contributed by atoms with Gasteiger partial charge in [0.15, 0.2) is 5.17 Å². The Hall–Kier alpha value is -1.60. The number of rotatable bonds is 4. The normalized spacial score (nSPS) is 17.9. The number of thiazole rings is 1. The standard InChI is InChI=1S/C16H11Cl2N3OS2/c1-2-7-21-14(22)13(9-10-11(17)4-3-5-12(10)18)24-16(21)20-15-19-6-8-23-15/h2-6,8-9H,1,7H2/b13-9-,20-16+. The monoisotopic (exact) mass is 395 g/mol. The van der Waals surface area contributed by atoms with Gasteiger partial charge in [-0.05, 0) is 30.0 Å². The van der Waals surface area contributed by atoms with E-state index in [1.165, 1.54) is 23.1 Å². The minimum absolute atomic E-state index is 0.161. The number of aliphatic imine (C=N–C) groups is 1. The highest BCUT2D eigenvalue weighted by molar-refractivity contribution is 8.18. The maximum atomic E-state index is 12.7. The Morgan fingerprint density at radius 2 is 2.08 bits per heavy atom. The van der Waals surface area contributed by atoms with E-state index in [0.29, 0.717) is 37.4 Å². The van der Waals surface area contributed by atoms with Crippen molar-refractivity contribution in [3.8, 4) is 0 Å². The zero-order valence-corrected chi connectivity index (χ0v) is 15.4. The van der Waals surface area contributed by atoms with Gasteiger partial charge in [0.25, 0.3) is 5.91 Å². The van der Waals surface area contributed by atoms with E-state index < -0.39 is 0 Å². The highest BCUT2D eigenvalue weighted by Gasteiger charge is 2.33. The Bertz CT molecular complexity index is 827. The van der Waals surface area contributed by atoms with Crippen LogP contribution in [0.5, 0.6) is 0 Å². The van der Waals surface area contributed by atoms with E-state index in [1.807, 2.05) is 5.38 Å². The minimum Gasteiger partial charge on any atom is -0.282 e. The molecule has 0 spiro atoms. The lowest BCUT2D eigenvalue weighted by molar-refractivity contribution is -0.121. The Balaban J connectivity index is 2.00. The third-order valence-corrected chi connectivity index (χ3v) is 5.42. The molecule has 0 N–H and O–H groups in total. The number of halogens is 2. The van der Waals surface area contributed by atoms with Crippen molar-refractivity contribution in [3.05, 3.63) is 62.9 Å². The van der Waals surface area contributed by atoms with Gasteiger partial charge in [-0.15, -0.1) is 17.9 Å². The number of hydrogen-bond donors (Lipinski definition) is 0. The number of amides is 1. The second-order valence-corrected chi connectivity index (χ2v) is 7.36. The van der Waals surface area contributed by atoms with Crippen LogP contribution in [0.1, 0.15) is 5.56 Å². The molecule has 0 aliphatic carbocycles. The Kier molecular flexibility index (Phi) is 5.40. The molecule has 4 nitrogen and oxygen atoms in total. The van der Waals surface area contributed by atoms with Crippen LogP contribution >= 0.6 is 46.3 Å². The van der Waals surface area contributed by atoms with E-state index in [0.717, 1.165) is 0 Å². The Labute approximate surface area is 157 Å². The molecule has 1 amide bonds. The average molecular weight is 396 g/mol. The lowest BCUT2D eigenvalue weighted by Crippen LogP contribution is -2.29. The van der Waals surface area contributed by atoms with E-state index in [4.69, 9.17) is 23.2 Å². The van der Waals surface area contributed by atoms with E-state index in [9.17, 15) is 4.79 Å². The van der Waals surface area contributed by atoms with Crippen molar-refractivity contribution in [1.29, 1.82) is 0 Å². The van der Waals surface area contributed by atoms with Crippen molar-refractivity contribution in [2.45, 2.75) is 0 Å². The van der Waals surface area contributed by atoms with Crippen LogP contribution in [0, 0.1) is 0 Å². The molecule has 1 aliphatic heterocycles. The van der Waals surface area contributed by atoms with Crippen molar-refractivity contribution < 1.29 is 4.79 Å². The average Bonchev–Trinajstić information content (AvgIpc) is 3.15. The third kappa shape index (κ3) is 3.57. The molecule has 0 atom stereocenters. The number of aromatic nitrogens is 1. The van der Waals surface area contributed by atoms with Gasteiger partial charge < -0.3 is 0 Å². The molecular formula is C16H11Cl2N3OS2. The largest absolute Gasteiger partial charge is 0.282 e. The van der Waals surface area contributed by atoms with Crippen LogP contribution in [-0.2, 0) is 4.79 Å². The highest BCUT2D eigenvalue weighted by atomic mass is 35.5. The highest BCUT2D eigenvalue weighted by Crippen LogP contribution is 2.36. The van der Waals surface area contributed by atoms with Crippen LogP contribution in [0.3, 0.4) is 0 Å². The summed E-state index contributed by atoms with van der Waals surface area (Å²) in [6.45, 7) is 4.06. The summed E-state index contributed by atoms with van der Waals surface area (Å²) in [5.41, 5.74) is 0.616. The molecule has 1 fully saturated rings. The van der Waals surface area contributed by atoms with Crippen molar-refractivity contribution >= 4 is 68.6 Å². The first-order valence-electron chi connectivity index (χ1n) is 6.84. The van der Waals surface area contributed by atoms with Gasteiger partial charge in [0.05, 0.1) is 4.91 Å². The zero-order valence-electron chi connectivity index (χ0n) is 12.3. The molecule has 1 aliphatic rings. The van der Waals surface area contributed by atoms with Gasteiger partial charge >= 0.3 is 0 Å². The van der Waals surface area contributed by atoms with Crippen LogP contribution in [-0.4, -0.2) is 27.5 Å². The second kappa shape index (κ2) is 7.53. The van der Waals surface area contributed by atoms with Gasteiger partial charge in [0.1, 0.15) is 0 Å². The molecule has 1 saturated heterocycles. The van der Waals surface area contributed by atoms with E-state index in [1.54, 1.807) is 41.4 Å². The van der Waals surface area contributed by atoms with Crippen LogP contribution < -0.4 is 0 Å². The molecule has 1 aromatic carbocycles. The topological polar surface area (TPSA) is 45.6 Å². The summed E-state index contributed by atoms with van der Waals surface area (Å²) < 4.78 is 0. The van der Waals surface area contributed by atoms with Gasteiger partial charge in [0.2, 0.25) is 5.13 Å². The SMILES string of the molecule is C=CCN1C(=O)/C(=C/c2c(Cl)cccc2Cl)S/C1=N/c1nccs1. The summed E-state index contributed by atoms with van der Waals surface area (Å²) in [7, 11) is 0. The Morgan fingerprint density at radius 3 is 2.71 bits per heavy atom. The van der Waals surface area contributed by atoms with Gasteiger partial charge in [0, 0.05) is 33.7 Å².